The number of halogens is 1. The van der Waals surface area contributed by atoms with Crippen LogP contribution in [0.25, 0.3) is 0 Å². The van der Waals surface area contributed by atoms with E-state index in [-0.39, 0.29) is 0 Å². The molecular weight excluding hydrogens is 308 g/mol. The van der Waals surface area contributed by atoms with Gasteiger partial charge in [-0.1, -0.05) is 23.7 Å². The average Bonchev–Trinajstić information content (AvgIpc) is 3.04. The first-order chi connectivity index (χ1) is 10.3. The fourth-order valence-electron chi connectivity index (χ4n) is 2.14. The van der Waals surface area contributed by atoms with Crippen LogP contribution in [0, 0.1) is 0 Å². The van der Waals surface area contributed by atoms with Crippen molar-refractivity contribution in [1.82, 2.24) is 15.0 Å². The Labute approximate surface area is 132 Å². The molecule has 0 saturated carbocycles. The van der Waals surface area contributed by atoms with Crippen molar-refractivity contribution in [3.05, 3.63) is 29.3 Å². The summed E-state index contributed by atoms with van der Waals surface area (Å²) in [6, 6.07) is 7.59. The molecule has 0 amide bonds. The van der Waals surface area contributed by atoms with Crippen LogP contribution < -0.4 is 16.2 Å². The summed E-state index contributed by atoms with van der Waals surface area (Å²) in [6.07, 6.45) is 2.31. The van der Waals surface area contributed by atoms with Gasteiger partial charge in [-0.05, 0) is 36.7 Å². The fraction of sp³-hybridized carbons (Fsp3) is 0.308. The van der Waals surface area contributed by atoms with Gasteiger partial charge >= 0.3 is 0 Å². The molecule has 1 saturated heterocycles. The zero-order chi connectivity index (χ0) is 14.7. The van der Waals surface area contributed by atoms with Crippen molar-refractivity contribution in [1.29, 1.82) is 0 Å². The third-order valence-corrected chi connectivity index (χ3v) is 4.54. The molecular formula is C13H15ClN6S. The zero-order valence-corrected chi connectivity index (χ0v) is 12.9. The molecule has 0 unspecified atom stereocenters. The summed E-state index contributed by atoms with van der Waals surface area (Å²) in [5.74, 6) is 6.47. The Kier molecular flexibility index (Phi) is 4.42. The minimum Gasteiger partial charge on any atom is -0.341 e. The van der Waals surface area contributed by atoms with Crippen LogP contribution in [0.5, 0.6) is 0 Å². The monoisotopic (exact) mass is 322 g/mol. The molecule has 8 heteroatoms. The van der Waals surface area contributed by atoms with Crippen LogP contribution in [0.4, 0.5) is 11.9 Å². The highest BCUT2D eigenvalue weighted by molar-refractivity contribution is 7.99. The van der Waals surface area contributed by atoms with Crippen molar-refractivity contribution >= 4 is 35.3 Å². The topological polar surface area (TPSA) is 80.0 Å². The van der Waals surface area contributed by atoms with E-state index in [0.717, 1.165) is 30.8 Å². The molecule has 0 atom stereocenters. The van der Waals surface area contributed by atoms with Gasteiger partial charge in [0.25, 0.3) is 0 Å². The van der Waals surface area contributed by atoms with Crippen LogP contribution in [0.2, 0.25) is 5.02 Å². The van der Waals surface area contributed by atoms with Crippen LogP contribution in [0.3, 0.4) is 0 Å². The highest BCUT2D eigenvalue weighted by atomic mass is 35.5. The SMILES string of the molecule is NNc1nc(Sc2ccccc2Cl)nc(N2CCCC2)n1. The van der Waals surface area contributed by atoms with E-state index in [1.807, 2.05) is 24.3 Å². The Bertz CT molecular complexity index is 632. The van der Waals surface area contributed by atoms with Gasteiger partial charge in [-0.3, -0.25) is 5.43 Å². The van der Waals surface area contributed by atoms with Gasteiger partial charge in [0.1, 0.15) is 0 Å². The molecule has 0 bridgehead atoms. The van der Waals surface area contributed by atoms with Gasteiger partial charge in [-0.25, -0.2) is 5.84 Å². The largest absolute Gasteiger partial charge is 0.341 e. The van der Waals surface area contributed by atoms with Gasteiger partial charge in [-0.15, -0.1) is 0 Å². The second-order valence-electron chi connectivity index (χ2n) is 4.61. The summed E-state index contributed by atoms with van der Waals surface area (Å²) in [4.78, 5) is 16.2. The lowest BCUT2D eigenvalue weighted by atomic mass is 10.4. The van der Waals surface area contributed by atoms with Crippen LogP contribution in [-0.4, -0.2) is 28.0 Å². The molecule has 2 heterocycles. The van der Waals surface area contributed by atoms with Crippen molar-refractivity contribution in [3.8, 4) is 0 Å². The lowest BCUT2D eigenvalue weighted by Gasteiger charge is -2.16. The third-order valence-electron chi connectivity index (χ3n) is 3.16. The van der Waals surface area contributed by atoms with E-state index in [4.69, 9.17) is 17.4 Å². The van der Waals surface area contributed by atoms with E-state index in [9.17, 15) is 0 Å². The maximum Gasteiger partial charge on any atom is 0.242 e. The first-order valence-electron chi connectivity index (χ1n) is 6.66. The number of nitrogens with zero attached hydrogens (tertiary/aromatic N) is 4. The van der Waals surface area contributed by atoms with E-state index in [1.165, 1.54) is 11.8 Å². The van der Waals surface area contributed by atoms with Gasteiger partial charge in [0.15, 0.2) is 5.16 Å². The second kappa shape index (κ2) is 6.46. The van der Waals surface area contributed by atoms with E-state index in [1.54, 1.807) is 0 Å². The Morgan fingerprint density at radius 2 is 1.90 bits per heavy atom. The maximum absolute atomic E-state index is 6.17. The molecule has 0 radical (unpaired) electrons. The van der Waals surface area contributed by atoms with Crippen molar-refractivity contribution in [2.45, 2.75) is 22.9 Å². The van der Waals surface area contributed by atoms with E-state index < -0.39 is 0 Å². The Balaban J connectivity index is 1.90. The molecule has 1 aromatic carbocycles. The fourth-order valence-corrected chi connectivity index (χ4v) is 3.16. The van der Waals surface area contributed by atoms with Gasteiger partial charge < -0.3 is 4.90 Å². The number of benzene rings is 1. The second-order valence-corrected chi connectivity index (χ2v) is 6.03. The highest BCUT2D eigenvalue weighted by Crippen LogP contribution is 2.32. The molecule has 110 valence electrons. The number of hydrazine groups is 1. The average molecular weight is 323 g/mol. The summed E-state index contributed by atoms with van der Waals surface area (Å²) >= 11 is 7.57. The number of nitrogen functional groups attached to an aromatic ring is 1. The number of nitrogens with two attached hydrogens (primary N) is 1. The lowest BCUT2D eigenvalue weighted by Crippen LogP contribution is -2.22. The number of hydrogen-bond acceptors (Lipinski definition) is 7. The van der Waals surface area contributed by atoms with Gasteiger partial charge in [-0.2, -0.15) is 15.0 Å². The number of hydrogen-bond donors (Lipinski definition) is 2. The van der Waals surface area contributed by atoms with Crippen molar-refractivity contribution in [2.24, 2.45) is 5.84 Å². The van der Waals surface area contributed by atoms with Gasteiger partial charge in [0.05, 0.1) is 5.02 Å². The molecule has 1 aromatic heterocycles. The van der Waals surface area contributed by atoms with Crippen LogP contribution in [-0.2, 0) is 0 Å². The summed E-state index contributed by atoms with van der Waals surface area (Å²) in [5, 5.41) is 1.25. The molecule has 6 nitrogen and oxygen atoms in total. The molecule has 0 spiro atoms. The van der Waals surface area contributed by atoms with Crippen LogP contribution in [0.1, 0.15) is 12.8 Å². The minimum atomic E-state index is 0.362. The molecule has 3 rings (SSSR count). The Morgan fingerprint density at radius 3 is 2.62 bits per heavy atom. The summed E-state index contributed by atoms with van der Waals surface area (Å²) in [5.41, 5.74) is 2.50. The predicted octanol–water partition coefficient (Wildman–Crippen LogP) is 2.56. The Hall–Kier alpha value is -1.57. The zero-order valence-electron chi connectivity index (χ0n) is 11.3. The Morgan fingerprint density at radius 1 is 1.14 bits per heavy atom. The quantitative estimate of drug-likeness (QED) is 0.661. The predicted molar refractivity (Wildman–Crippen MR) is 84.7 cm³/mol. The minimum absolute atomic E-state index is 0.362. The standard InChI is InChI=1S/C13H15ClN6S/c14-9-5-1-2-6-10(9)21-13-17-11(19-15)16-12(18-13)20-7-3-4-8-20/h1-2,5-6H,3-4,7-8,15H2,(H,16,17,18,19). The van der Waals surface area contributed by atoms with E-state index in [2.05, 4.69) is 25.3 Å². The molecule has 2 aromatic rings. The third kappa shape index (κ3) is 3.37. The van der Waals surface area contributed by atoms with Crippen molar-refractivity contribution in [3.63, 3.8) is 0 Å². The van der Waals surface area contributed by atoms with Gasteiger partial charge in [0, 0.05) is 18.0 Å². The highest BCUT2D eigenvalue weighted by Gasteiger charge is 2.18. The van der Waals surface area contributed by atoms with Crippen molar-refractivity contribution in [2.75, 3.05) is 23.4 Å². The summed E-state index contributed by atoms with van der Waals surface area (Å²) < 4.78 is 0. The number of rotatable bonds is 4. The number of aromatic nitrogens is 3. The molecule has 1 aliphatic heterocycles. The first kappa shape index (κ1) is 14.4. The molecule has 0 aliphatic carbocycles. The van der Waals surface area contributed by atoms with Crippen molar-refractivity contribution < 1.29 is 0 Å². The molecule has 3 N–H and O–H groups in total. The number of anilines is 2. The molecule has 1 aliphatic rings. The van der Waals surface area contributed by atoms with E-state index >= 15 is 0 Å². The lowest BCUT2D eigenvalue weighted by molar-refractivity contribution is 0.827. The molecule has 1 fully saturated rings. The summed E-state index contributed by atoms with van der Waals surface area (Å²) in [6.45, 7) is 1.93. The van der Waals surface area contributed by atoms with E-state index in [0.29, 0.717) is 22.1 Å². The first-order valence-corrected chi connectivity index (χ1v) is 7.86. The maximum atomic E-state index is 6.17. The van der Waals surface area contributed by atoms with Gasteiger partial charge in [0.2, 0.25) is 11.9 Å². The summed E-state index contributed by atoms with van der Waals surface area (Å²) in [7, 11) is 0. The number of nitrogens with one attached hydrogen (secondary N) is 1. The molecule has 21 heavy (non-hydrogen) atoms. The van der Waals surface area contributed by atoms with Crippen LogP contribution >= 0.6 is 23.4 Å². The smallest absolute Gasteiger partial charge is 0.242 e. The normalized spacial score (nSPS) is 14.5. The van der Waals surface area contributed by atoms with Crippen LogP contribution in [0.15, 0.2) is 34.3 Å².